The second-order valence-corrected chi connectivity index (χ2v) is 8.33. The first-order valence-corrected chi connectivity index (χ1v) is 11.0. The van der Waals surface area contributed by atoms with E-state index in [0.29, 0.717) is 19.4 Å². The Labute approximate surface area is 187 Å². The highest BCUT2D eigenvalue weighted by molar-refractivity contribution is 6.28. The molecule has 1 fully saturated rings. The maximum absolute atomic E-state index is 12.9. The van der Waals surface area contributed by atoms with E-state index >= 15 is 0 Å². The Balaban J connectivity index is 1.99. The van der Waals surface area contributed by atoms with Crippen LogP contribution < -0.4 is 16.0 Å². The fraction of sp³-hybridized carbons (Fsp3) is 0.545. The van der Waals surface area contributed by atoms with E-state index in [4.69, 9.17) is 16.3 Å². The monoisotopic (exact) mass is 451 g/mol. The van der Waals surface area contributed by atoms with Crippen molar-refractivity contribution in [2.75, 3.05) is 12.4 Å². The third kappa shape index (κ3) is 8.20. The van der Waals surface area contributed by atoms with Gasteiger partial charge in [0.2, 0.25) is 11.8 Å². The zero-order valence-electron chi connectivity index (χ0n) is 17.9. The van der Waals surface area contributed by atoms with Crippen LogP contribution in [0.25, 0.3) is 0 Å². The molecule has 1 aromatic carbocycles. The maximum atomic E-state index is 12.9. The van der Waals surface area contributed by atoms with E-state index in [9.17, 15) is 19.2 Å². The standard InChI is InChI=1S/C22H30ClN3O5/c1-14(2)10-18(26-22(30)31-13-15-6-4-3-5-7-15)21(29)25-17(19(27)12-23)11-16-8-9-24-20(16)28/h3-7,14,16-18H,8-13H2,1-2H3,(H,24,28)(H,25,29)(H,26,30)/t16-,17-,18-/m0/s1. The van der Waals surface area contributed by atoms with Crippen LogP contribution in [0.15, 0.2) is 30.3 Å². The van der Waals surface area contributed by atoms with Gasteiger partial charge in [-0.2, -0.15) is 0 Å². The third-order valence-electron chi connectivity index (χ3n) is 5.05. The summed E-state index contributed by atoms with van der Waals surface area (Å²) in [6.45, 7) is 4.46. The lowest BCUT2D eigenvalue weighted by Gasteiger charge is -2.24. The molecule has 31 heavy (non-hydrogen) atoms. The van der Waals surface area contributed by atoms with Crippen molar-refractivity contribution in [2.24, 2.45) is 11.8 Å². The second-order valence-electron chi connectivity index (χ2n) is 8.06. The van der Waals surface area contributed by atoms with Gasteiger partial charge in [0.25, 0.3) is 0 Å². The predicted octanol–water partition coefficient (Wildman–Crippen LogP) is 2.15. The number of hydrogen-bond acceptors (Lipinski definition) is 5. The van der Waals surface area contributed by atoms with E-state index in [2.05, 4.69) is 16.0 Å². The van der Waals surface area contributed by atoms with Crippen LogP contribution in [0.2, 0.25) is 0 Å². The van der Waals surface area contributed by atoms with Gasteiger partial charge < -0.3 is 20.7 Å². The van der Waals surface area contributed by atoms with Crippen LogP contribution in [0.4, 0.5) is 4.79 Å². The SMILES string of the molecule is CC(C)C[C@H](NC(=O)OCc1ccccc1)C(=O)N[C@@H](C[C@@H]1CCNC1=O)C(=O)CCl. The van der Waals surface area contributed by atoms with E-state index in [1.807, 2.05) is 44.2 Å². The predicted molar refractivity (Wildman–Crippen MR) is 116 cm³/mol. The third-order valence-corrected chi connectivity index (χ3v) is 5.31. The summed E-state index contributed by atoms with van der Waals surface area (Å²) in [4.78, 5) is 49.3. The number of ketones is 1. The van der Waals surface area contributed by atoms with E-state index in [-0.39, 0.29) is 42.4 Å². The Morgan fingerprint density at radius 3 is 2.45 bits per heavy atom. The maximum Gasteiger partial charge on any atom is 0.408 e. The molecule has 1 saturated heterocycles. The number of rotatable bonds is 11. The van der Waals surface area contributed by atoms with Crippen molar-refractivity contribution in [3.8, 4) is 0 Å². The highest BCUT2D eigenvalue weighted by Gasteiger charge is 2.33. The first-order valence-electron chi connectivity index (χ1n) is 10.4. The molecule has 170 valence electrons. The molecule has 1 heterocycles. The number of carbonyl (C=O) groups is 4. The fourth-order valence-corrected chi connectivity index (χ4v) is 3.59. The van der Waals surface area contributed by atoms with Crippen molar-refractivity contribution in [3.63, 3.8) is 0 Å². The van der Waals surface area contributed by atoms with Gasteiger partial charge in [-0.05, 0) is 30.7 Å². The van der Waals surface area contributed by atoms with Crippen molar-refractivity contribution in [1.29, 1.82) is 0 Å². The van der Waals surface area contributed by atoms with Gasteiger partial charge in [0, 0.05) is 12.5 Å². The molecule has 0 spiro atoms. The van der Waals surface area contributed by atoms with Gasteiger partial charge in [-0.3, -0.25) is 14.4 Å². The smallest absolute Gasteiger partial charge is 0.408 e. The van der Waals surface area contributed by atoms with Crippen molar-refractivity contribution in [1.82, 2.24) is 16.0 Å². The molecule has 8 nitrogen and oxygen atoms in total. The lowest BCUT2D eigenvalue weighted by atomic mass is 9.95. The molecule has 0 aliphatic carbocycles. The first-order chi connectivity index (χ1) is 14.8. The highest BCUT2D eigenvalue weighted by Crippen LogP contribution is 2.17. The number of benzene rings is 1. The van der Waals surface area contributed by atoms with E-state index in [0.717, 1.165) is 5.56 Å². The summed E-state index contributed by atoms with van der Waals surface area (Å²) in [6, 6.07) is 7.41. The molecule has 1 aliphatic rings. The zero-order valence-corrected chi connectivity index (χ0v) is 18.6. The molecule has 3 amide bonds. The van der Waals surface area contributed by atoms with Gasteiger partial charge in [-0.25, -0.2) is 4.79 Å². The van der Waals surface area contributed by atoms with Gasteiger partial charge in [-0.15, -0.1) is 11.6 Å². The summed E-state index contributed by atoms with van der Waals surface area (Å²) in [6.07, 6.45) is 0.411. The normalized spacial score (nSPS) is 17.5. The topological polar surface area (TPSA) is 114 Å². The molecule has 0 unspecified atom stereocenters. The number of nitrogens with one attached hydrogen (secondary N) is 3. The molecule has 0 radical (unpaired) electrons. The van der Waals surface area contributed by atoms with Crippen LogP contribution >= 0.6 is 11.6 Å². The van der Waals surface area contributed by atoms with Crippen LogP contribution in [0.3, 0.4) is 0 Å². The van der Waals surface area contributed by atoms with E-state index < -0.39 is 24.1 Å². The summed E-state index contributed by atoms with van der Waals surface area (Å²) in [5.41, 5.74) is 0.824. The number of halogens is 1. The van der Waals surface area contributed by atoms with Gasteiger partial charge in [0.05, 0.1) is 11.9 Å². The minimum Gasteiger partial charge on any atom is -0.445 e. The molecule has 2 rings (SSSR count). The Morgan fingerprint density at radius 1 is 1.16 bits per heavy atom. The van der Waals surface area contributed by atoms with Gasteiger partial charge in [0.1, 0.15) is 12.6 Å². The minimum atomic E-state index is -0.893. The summed E-state index contributed by atoms with van der Waals surface area (Å²) >= 11 is 5.71. The number of alkyl halides is 1. The number of hydrogen-bond donors (Lipinski definition) is 3. The largest absolute Gasteiger partial charge is 0.445 e. The van der Waals surface area contributed by atoms with E-state index in [1.165, 1.54) is 0 Å². The Morgan fingerprint density at radius 2 is 1.87 bits per heavy atom. The molecule has 3 N–H and O–H groups in total. The van der Waals surface area contributed by atoms with Crippen molar-refractivity contribution < 1.29 is 23.9 Å². The molecular formula is C22H30ClN3O5. The molecule has 0 aromatic heterocycles. The second kappa shape index (κ2) is 12.3. The van der Waals surface area contributed by atoms with Crippen molar-refractivity contribution >= 4 is 35.3 Å². The average Bonchev–Trinajstić information content (AvgIpc) is 3.15. The van der Waals surface area contributed by atoms with Crippen LogP contribution in [0, 0.1) is 11.8 Å². The summed E-state index contributed by atoms with van der Waals surface area (Å²) in [5.74, 6) is -1.54. The molecule has 1 aliphatic heterocycles. The number of amides is 3. The lowest BCUT2D eigenvalue weighted by molar-refractivity contribution is -0.129. The zero-order chi connectivity index (χ0) is 22.8. The average molecular weight is 452 g/mol. The summed E-state index contributed by atoms with van der Waals surface area (Å²) < 4.78 is 5.21. The summed E-state index contributed by atoms with van der Waals surface area (Å²) in [5, 5.41) is 7.98. The molecule has 0 saturated carbocycles. The van der Waals surface area contributed by atoms with Gasteiger partial charge >= 0.3 is 6.09 Å². The van der Waals surface area contributed by atoms with Crippen LogP contribution in [-0.2, 0) is 25.7 Å². The molecule has 0 bridgehead atoms. The molecule has 1 aromatic rings. The highest BCUT2D eigenvalue weighted by atomic mass is 35.5. The molecular weight excluding hydrogens is 422 g/mol. The fourth-order valence-electron chi connectivity index (χ4n) is 3.40. The van der Waals surface area contributed by atoms with E-state index in [1.54, 1.807) is 0 Å². The minimum absolute atomic E-state index is 0.0762. The molecule has 3 atom stereocenters. The van der Waals surface area contributed by atoms with Crippen LogP contribution in [-0.4, -0.2) is 48.2 Å². The number of carbonyl (C=O) groups excluding carboxylic acids is 4. The molecule has 9 heteroatoms. The number of Topliss-reactive ketones (excluding diaryl/α,β-unsaturated/α-hetero) is 1. The van der Waals surface area contributed by atoms with Crippen molar-refractivity contribution in [3.05, 3.63) is 35.9 Å². The summed E-state index contributed by atoms with van der Waals surface area (Å²) in [7, 11) is 0. The Kier molecular flexibility index (Phi) is 9.78. The first kappa shape index (κ1) is 24.7. The van der Waals surface area contributed by atoms with Gasteiger partial charge in [0.15, 0.2) is 5.78 Å². The van der Waals surface area contributed by atoms with Crippen LogP contribution in [0.1, 0.15) is 38.7 Å². The van der Waals surface area contributed by atoms with Gasteiger partial charge in [-0.1, -0.05) is 44.2 Å². The Bertz CT molecular complexity index is 772. The quantitative estimate of drug-likeness (QED) is 0.446. The number of alkyl carbamates (subject to hydrolysis) is 1. The van der Waals surface area contributed by atoms with Crippen LogP contribution in [0.5, 0.6) is 0 Å². The number of ether oxygens (including phenoxy) is 1. The Hall–Kier alpha value is -2.61. The lowest BCUT2D eigenvalue weighted by Crippen LogP contribution is -2.53. The van der Waals surface area contributed by atoms with Crippen molar-refractivity contribution in [2.45, 2.75) is 51.8 Å².